The molecule has 0 fully saturated rings. The van der Waals surface area contributed by atoms with E-state index in [0.29, 0.717) is 0 Å². The molecule has 8 bridgehead atoms. The second-order valence-electron chi connectivity index (χ2n) is 15.9. The first-order chi connectivity index (χ1) is 23.9. The van der Waals surface area contributed by atoms with Crippen LogP contribution in [0, 0.1) is 13.8 Å². The van der Waals surface area contributed by atoms with Crippen molar-refractivity contribution in [3.8, 4) is 22.3 Å². The number of fused-ring (bicyclic) bond motifs is 11. The van der Waals surface area contributed by atoms with Gasteiger partial charge in [-0.15, -0.1) is 0 Å². The third-order valence-corrected chi connectivity index (χ3v) is 10.3. The maximum atomic E-state index is 5.55. The molecule has 0 saturated heterocycles. The first kappa shape index (κ1) is 31.8. The Morgan fingerprint density at radius 1 is 0.420 bits per heavy atom. The van der Waals surface area contributed by atoms with E-state index in [1.807, 2.05) is 0 Å². The number of nitrogens with zero attached hydrogens (tertiary/aromatic N) is 1. The number of nitrogens with one attached hydrogen (secondary N) is 2. The van der Waals surface area contributed by atoms with Crippen LogP contribution in [0.1, 0.15) is 86.3 Å². The Labute approximate surface area is 295 Å². The highest BCUT2D eigenvalue weighted by atomic mass is 14.8. The molecule has 0 unspecified atom stereocenters. The molecule has 0 atom stereocenters. The molecule has 4 heterocycles. The summed E-state index contributed by atoms with van der Waals surface area (Å²) in [6.07, 6.45) is 0. The van der Waals surface area contributed by atoms with E-state index >= 15 is 0 Å². The average molecular weight is 652 g/mol. The Kier molecular flexibility index (Phi) is 7.38. The summed E-state index contributed by atoms with van der Waals surface area (Å²) in [4.78, 5) is 13.4. The molecular weight excluding hydrogens is 607 g/mol. The molecule has 6 aromatic rings. The summed E-state index contributed by atoms with van der Waals surface area (Å²) in [6.45, 7) is 18.4. The van der Waals surface area contributed by atoms with Crippen molar-refractivity contribution in [1.82, 2.24) is 15.0 Å². The third kappa shape index (κ3) is 5.33. The maximum absolute atomic E-state index is 5.55. The van der Waals surface area contributed by atoms with Gasteiger partial charge in [0.25, 0.3) is 0 Å². The van der Waals surface area contributed by atoms with Gasteiger partial charge in [-0.1, -0.05) is 126 Å². The molecule has 3 heteroatoms. The number of benzene rings is 3. The van der Waals surface area contributed by atoms with Crippen molar-refractivity contribution in [2.75, 3.05) is 0 Å². The summed E-state index contributed by atoms with van der Waals surface area (Å²) in [5.41, 5.74) is 20.9. The van der Waals surface area contributed by atoms with Gasteiger partial charge in [0.15, 0.2) is 0 Å². The van der Waals surface area contributed by atoms with Crippen LogP contribution in [0.15, 0.2) is 115 Å². The molecule has 0 amide bonds. The Morgan fingerprint density at radius 2 is 0.800 bits per heavy atom. The minimum Gasteiger partial charge on any atom is -0.355 e. The van der Waals surface area contributed by atoms with Crippen molar-refractivity contribution >= 4 is 33.2 Å². The fourth-order valence-corrected chi connectivity index (χ4v) is 8.35. The van der Waals surface area contributed by atoms with Crippen LogP contribution >= 0.6 is 0 Å². The fourth-order valence-electron chi connectivity index (χ4n) is 8.35. The van der Waals surface area contributed by atoms with Crippen LogP contribution in [0.2, 0.25) is 0 Å². The van der Waals surface area contributed by atoms with Crippen molar-refractivity contribution in [1.29, 1.82) is 0 Å². The minimum atomic E-state index is -0.0926. The number of hydrogen-bond donors (Lipinski definition) is 2. The monoisotopic (exact) mass is 651 g/mol. The van der Waals surface area contributed by atoms with Crippen LogP contribution in [-0.2, 0) is 10.8 Å². The smallest absolute Gasteiger partial charge is 0.0743 e. The van der Waals surface area contributed by atoms with Gasteiger partial charge >= 0.3 is 0 Å². The second-order valence-corrected chi connectivity index (χ2v) is 15.9. The zero-order valence-electron chi connectivity index (χ0n) is 30.4. The lowest BCUT2D eigenvalue weighted by Gasteiger charge is -2.19. The van der Waals surface area contributed by atoms with Crippen molar-refractivity contribution in [3.63, 3.8) is 0 Å². The predicted octanol–water partition coefficient (Wildman–Crippen LogP) is 12.5. The first-order valence-electron chi connectivity index (χ1n) is 17.7. The van der Waals surface area contributed by atoms with E-state index in [2.05, 4.69) is 181 Å². The van der Waals surface area contributed by atoms with Gasteiger partial charge in [0, 0.05) is 33.2 Å². The van der Waals surface area contributed by atoms with Crippen molar-refractivity contribution in [3.05, 3.63) is 160 Å². The molecule has 3 nitrogen and oxygen atoms in total. The molecule has 50 heavy (non-hydrogen) atoms. The molecular formula is C47H45N3. The van der Waals surface area contributed by atoms with Gasteiger partial charge in [-0.05, 0) is 111 Å². The van der Waals surface area contributed by atoms with Gasteiger partial charge in [0.1, 0.15) is 0 Å². The zero-order chi connectivity index (χ0) is 34.9. The molecule has 248 valence electrons. The van der Waals surface area contributed by atoms with E-state index in [-0.39, 0.29) is 10.8 Å². The molecule has 0 radical (unpaired) electrons. The van der Waals surface area contributed by atoms with E-state index in [0.717, 1.165) is 55.7 Å². The van der Waals surface area contributed by atoms with Crippen LogP contribution in [0.5, 0.6) is 0 Å². The van der Waals surface area contributed by atoms with Gasteiger partial charge in [-0.25, -0.2) is 4.98 Å². The minimum absolute atomic E-state index is 0.0926. The number of H-pyrrole nitrogens is 2. The SMILES string of the molecule is Cc1c(C(C)(C)C)c2cc3nc(cc4[nH]c(cc5cc(cc1[nH]2)-c1ccccc1-5)c(C)c4C(C)(C)C)C(c1ccccc1)=C3c1ccccc1. The summed E-state index contributed by atoms with van der Waals surface area (Å²) in [5.74, 6) is 0. The summed E-state index contributed by atoms with van der Waals surface area (Å²) < 4.78 is 0. The van der Waals surface area contributed by atoms with Crippen molar-refractivity contribution < 1.29 is 0 Å². The van der Waals surface area contributed by atoms with E-state index < -0.39 is 0 Å². The van der Waals surface area contributed by atoms with E-state index in [1.165, 1.54) is 44.5 Å². The maximum Gasteiger partial charge on any atom is 0.0743 e. The number of aryl methyl sites for hydroxylation is 2. The van der Waals surface area contributed by atoms with Crippen molar-refractivity contribution in [2.24, 2.45) is 0 Å². The predicted molar refractivity (Wildman–Crippen MR) is 212 cm³/mol. The number of aromatic amines is 2. The number of hydrogen-bond acceptors (Lipinski definition) is 1. The van der Waals surface area contributed by atoms with Crippen LogP contribution in [0.25, 0.3) is 55.5 Å². The quantitative estimate of drug-likeness (QED) is 0.192. The van der Waals surface area contributed by atoms with Crippen LogP contribution in [0.4, 0.5) is 0 Å². The average Bonchev–Trinajstić information content (AvgIpc) is 3.79. The molecule has 3 aromatic heterocycles. The highest BCUT2D eigenvalue weighted by molar-refractivity contribution is 6.06. The fraction of sp³-hybridized carbons (Fsp3) is 0.213. The number of rotatable bonds is 2. The normalized spacial score (nSPS) is 13.1. The van der Waals surface area contributed by atoms with Gasteiger partial charge in [0.05, 0.1) is 11.4 Å². The molecule has 1 aliphatic heterocycles. The molecule has 0 saturated carbocycles. The highest BCUT2D eigenvalue weighted by Crippen LogP contribution is 2.44. The summed E-state index contributed by atoms with van der Waals surface area (Å²) in [5, 5.41) is 0. The van der Waals surface area contributed by atoms with Gasteiger partial charge in [-0.3, -0.25) is 0 Å². The summed E-state index contributed by atoms with van der Waals surface area (Å²) in [6, 6.07) is 41.9. The lowest BCUT2D eigenvalue weighted by atomic mass is 9.84. The van der Waals surface area contributed by atoms with Crippen LogP contribution < -0.4 is 0 Å². The molecule has 3 aromatic carbocycles. The topological polar surface area (TPSA) is 44.5 Å². The van der Waals surface area contributed by atoms with E-state index in [4.69, 9.17) is 4.98 Å². The molecule has 2 aliphatic rings. The lowest BCUT2D eigenvalue weighted by molar-refractivity contribution is 0.593. The highest BCUT2D eigenvalue weighted by Gasteiger charge is 2.28. The Morgan fingerprint density at radius 3 is 1.18 bits per heavy atom. The molecule has 2 N–H and O–H groups in total. The van der Waals surface area contributed by atoms with E-state index in [9.17, 15) is 0 Å². The Balaban J connectivity index is 1.61. The zero-order valence-corrected chi connectivity index (χ0v) is 30.4. The largest absolute Gasteiger partial charge is 0.355 e. The van der Waals surface area contributed by atoms with Crippen molar-refractivity contribution in [2.45, 2.75) is 66.2 Å². The van der Waals surface area contributed by atoms with Gasteiger partial charge < -0.3 is 9.97 Å². The molecule has 8 rings (SSSR count). The summed E-state index contributed by atoms with van der Waals surface area (Å²) in [7, 11) is 0. The second kappa shape index (κ2) is 11.6. The van der Waals surface area contributed by atoms with Gasteiger partial charge in [0.2, 0.25) is 0 Å². The van der Waals surface area contributed by atoms with Gasteiger partial charge in [-0.2, -0.15) is 0 Å². The molecule has 0 spiro atoms. The standard InChI is InChI=1S/C47H45N3/c1-28-36-24-32-23-33(35-22-16-15-21-34(32)35)25-37-29(2)45(47(6,7)8)41(49-37)27-39-43(31-19-13-10-14-20-31)42(30-17-11-9-12-18-30)38(50-39)26-40(48-36)44(28)46(3,4)5/h9-27,48-49H,1-8H3. The van der Waals surface area contributed by atoms with Crippen LogP contribution in [0.3, 0.4) is 0 Å². The number of aromatic nitrogens is 3. The third-order valence-electron chi connectivity index (χ3n) is 10.3. The Hall–Kier alpha value is -5.41. The lowest BCUT2D eigenvalue weighted by Crippen LogP contribution is -2.11. The van der Waals surface area contributed by atoms with Crippen LogP contribution in [-0.4, -0.2) is 15.0 Å². The van der Waals surface area contributed by atoms with E-state index in [1.54, 1.807) is 0 Å². The summed E-state index contributed by atoms with van der Waals surface area (Å²) >= 11 is 0. The Bertz CT molecular complexity index is 2320. The first-order valence-corrected chi connectivity index (χ1v) is 17.7. The molecule has 1 aliphatic carbocycles.